The summed E-state index contributed by atoms with van der Waals surface area (Å²) in [6.07, 6.45) is 0. The number of hydrogen-bond donors (Lipinski definition) is 1. The Kier molecular flexibility index (Phi) is 6.86. The Bertz CT molecular complexity index is 252. The maximum absolute atomic E-state index is 12.2. The molecule has 0 spiro atoms. The van der Waals surface area contributed by atoms with Gasteiger partial charge in [0, 0.05) is 13.1 Å². The first-order valence-corrected chi connectivity index (χ1v) is 6.65. The average Bonchev–Trinajstić information content (AvgIpc) is 2.11. The van der Waals surface area contributed by atoms with E-state index >= 15 is 0 Å². The zero-order chi connectivity index (χ0) is 14.5. The van der Waals surface area contributed by atoms with Gasteiger partial charge in [0.2, 0.25) is 5.91 Å². The van der Waals surface area contributed by atoms with Gasteiger partial charge in [-0.2, -0.15) is 0 Å². The molecule has 0 aromatic rings. The summed E-state index contributed by atoms with van der Waals surface area (Å²) in [4.78, 5) is 16.3. The molecule has 0 heterocycles. The standard InChI is InChI=1S/C14H31N3O/c1-11(2)12(17(7)8)13(18)15-9-14(3,4)10-16(5)6/h11-12H,9-10H2,1-8H3,(H,15,18)/t12-/m1/s1. The van der Waals surface area contributed by atoms with Crippen molar-refractivity contribution in [1.29, 1.82) is 0 Å². The van der Waals surface area contributed by atoms with E-state index in [1.165, 1.54) is 0 Å². The van der Waals surface area contributed by atoms with Crippen LogP contribution in [-0.2, 0) is 4.79 Å². The van der Waals surface area contributed by atoms with Crippen molar-refractivity contribution in [2.75, 3.05) is 41.3 Å². The second kappa shape index (κ2) is 7.10. The van der Waals surface area contributed by atoms with Crippen LogP contribution in [0.5, 0.6) is 0 Å². The van der Waals surface area contributed by atoms with Gasteiger partial charge in [0.05, 0.1) is 6.04 Å². The van der Waals surface area contributed by atoms with E-state index < -0.39 is 0 Å². The van der Waals surface area contributed by atoms with E-state index in [2.05, 4.69) is 52.0 Å². The first kappa shape index (κ1) is 17.4. The first-order valence-electron chi connectivity index (χ1n) is 6.65. The van der Waals surface area contributed by atoms with Gasteiger partial charge in [-0.1, -0.05) is 27.7 Å². The predicted molar refractivity (Wildman–Crippen MR) is 77.7 cm³/mol. The normalized spacial score (nSPS) is 14.4. The van der Waals surface area contributed by atoms with E-state index in [9.17, 15) is 4.79 Å². The van der Waals surface area contributed by atoms with Gasteiger partial charge < -0.3 is 10.2 Å². The molecular weight excluding hydrogens is 226 g/mol. The van der Waals surface area contributed by atoms with Crippen LogP contribution in [0.3, 0.4) is 0 Å². The van der Waals surface area contributed by atoms with Gasteiger partial charge in [0.25, 0.3) is 0 Å². The molecule has 0 aliphatic carbocycles. The molecule has 1 amide bonds. The summed E-state index contributed by atoms with van der Waals surface area (Å²) in [5.74, 6) is 0.443. The van der Waals surface area contributed by atoms with Gasteiger partial charge in [0.15, 0.2) is 0 Å². The fraction of sp³-hybridized carbons (Fsp3) is 0.929. The fourth-order valence-corrected chi connectivity index (χ4v) is 2.48. The number of carbonyl (C=O) groups excluding carboxylic acids is 1. The summed E-state index contributed by atoms with van der Waals surface area (Å²) in [6, 6.07) is -0.0554. The zero-order valence-electron chi connectivity index (χ0n) is 13.4. The molecule has 0 aliphatic rings. The van der Waals surface area contributed by atoms with Crippen molar-refractivity contribution in [2.45, 2.75) is 33.7 Å². The molecule has 18 heavy (non-hydrogen) atoms. The number of hydrogen-bond acceptors (Lipinski definition) is 3. The molecule has 4 heteroatoms. The van der Waals surface area contributed by atoms with Crippen molar-refractivity contribution in [1.82, 2.24) is 15.1 Å². The Labute approximate surface area is 113 Å². The highest BCUT2D eigenvalue weighted by molar-refractivity contribution is 5.81. The Morgan fingerprint density at radius 1 is 1.17 bits per heavy atom. The molecule has 1 atom stereocenters. The molecule has 0 unspecified atom stereocenters. The molecule has 0 aromatic carbocycles. The van der Waals surface area contributed by atoms with Crippen molar-refractivity contribution in [3.63, 3.8) is 0 Å². The van der Waals surface area contributed by atoms with Crippen LogP contribution >= 0.6 is 0 Å². The minimum Gasteiger partial charge on any atom is -0.354 e. The van der Waals surface area contributed by atoms with E-state index in [1.807, 2.05) is 19.0 Å². The lowest BCUT2D eigenvalue weighted by Crippen LogP contribution is -2.49. The molecule has 0 radical (unpaired) electrons. The minimum absolute atomic E-state index is 0.0554. The predicted octanol–water partition coefficient (Wildman–Crippen LogP) is 1.28. The van der Waals surface area contributed by atoms with Crippen LogP contribution in [0.25, 0.3) is 0 Å². The number of rotatable bonds is 7. The van der Waals surface area contributed by atoms with Crippen molar-refractivity contribution >= 4 is 5.91 Å². The van der Waals surface area contributed by atoms with E-state index in [4.69, 9.17) is 0 Å². The van der Waals surface area contributed by atoms with Crippen LogP contribution in [0.15, 0.2) is 0 Å². The van der Waals surface area contributed by atoms with Crippen LogP contribution in [0.2, 0.25) is 0 Å². The highest BCUT2D eigenvalue weighted by Gasteiger charge is 2.26. The van der Waals surface area contributed by atoms with Crippen LogP contribution in [0.4, 0.5) is 0 Å². The second-order valence-electron chi connectivity index (χ2n) is 6.77. The Morgan fingerprint density at radius 2 is 1.67 bits per heavy atom. The molecule has 0 fully saturated rings. The van der Waals surface area contributed by atoms with Gasteiger partial charge in [0.1, 0.15) is 0 Å². The van der Waals surface area contributed by atoms with Gasteiger partial charge in [-0.25, -0.2) is 0 Å². The lowest BCUT2D eigenvalue weighted by atomic mass is 9.92. The largest absolute Gasteiger partial charge is 0.354 e. The third-order valence-electron chi connectivity index (χ3n) is 2.94. The second-order valence-corrected chi connectivity index (χ2v) is 6.77. The fourth-order valence-electron chi connectivity index (χ4n) is 2.48. The van der Waals surface area contributed by atoms with E-state index in [0.717, 1.165) is 6.54 Å². The van der Waals surface area contributed by atoms with E-state index in [1.54, 1.807) is 0 Å². The van der Waals surface area contributed by atoms with Crippen molar-refractivity contribution in [3.8, 4) is 0 Å². The summed E-state index contributed by atoms with van der Waals surface area (Å²) in [7, 11) is 8.02. The van der Waals surface area contributed by atoms with E-state index in [-0.39, 0.29) is 17.4 Å². The molecule has 0 rings (SSSR count). The Balaban J connectivity index is 4.40. The van der Waals surface area contributed by atoms with E-state index in [0.29, 0.717) is 12.5 Å². The molecule has 0 aromatic heterocycles. The smallest absolute Gasteiger partial charge is 0.237 e. The Morgan fingerprint density at radius 3 is 2.00 bits per heavy atom. The monoisotopic (exact) mass is 257 g/mol. The minimum atomic E-state index is -0.0554. The van der Waals surface area contributed by atoms with Gasteiger partial charge >= 0.3 is 0 Å². The molecule has 0 saturated heterocycles. The molecule has 1 N–H and O–H groups in total. The topological polar surface area (TPSA) is 35.6 Å². The zero-order valence-corrected chi connectivity index (χ0v) is 13.4. The summed E-state index contributed by atoms with van der Waals surface area (Å²) in [5.41, 5.74) is 0.0903. The van der Waals surface area contributed by atoms with Gasteiger partial charge in [-0.05, 0) is 39.5 Å². The van der Waals surface area contributed by atoms with Crippen molar-refractivity contribution in [3.05, 3.63) is 0 Å². The number of amides is 1. The van der Waals surface area contributed by atoms with Gasteiger partial charge in [-0.15, -0.1) is 0 Å². The van der Waals surface area contributed by atoms with Crippen LogP contribution in [0, 0.1) is 11.3 Å². The number of nitrogens with zero attached hydrogens (tertiary/aromatic N) is 2. The van der Waals surface area contributed by atoms with Crippen molar-refractivity contribution in [2.24, 2.45) is 11.3 Å². The summed E-state index contributed by atoms with van der Waals surface area (Å²) in [6.45, 7) is 10.2. The summed E-state index contributed by atoms with van der Waals surface area (Å²) >= 11 is 0. The average molecular weight is 257 g/mol. The molecular formula is C14H31N3O. The lowest BCUT2D eigenvalue weighted by molar-refractivity contribution is -0.127. The number of nitrogens with one attached hydrogen (secondary N) is 1. The summed E-state index contributed by atoms with van der Waals surface area (Å²) < 4.78 is 0. The van der Waals surface area contributed by atoms with Crippen LogP contribution in [-0.4, -0.2) is 63.0 Å². The quantitative estimate of drug-likeness (QED) is 0.746. The number of likely N-dealkylation sites (N-methyl/N-ethyl adjacent to an activating group) is 1. The first-order chi connectivity index (χ1) is 8.07. The highest BCUT2D eigenvalue weighted by Crippen LogP contribution is 2.15. The highest BCUT2D eigenvalue weighted by atomic mass is 16.2. The molecule has 0 aliphatic heterocycles. The third kappa shape index (κ3) is 6.36. The van der Waals surface area contributed by atoms with Crippen molar-refractivity contribution < 1.29 is 4.79 Å². The molecule has 4 nitrogen and oxygen atoms in total. The SMILES string of the molecule is CC(C)[C@H](C(=O)NCC(C)(C)CN(C)C)N(C)C. The van der Waals surface area contributed by atoms with Crippen LogP contribution < -0.4 is 5.32 Å². The van der Waals surface area contributed by atoms with Gasteiger partial charge in [-0.3, -0.25) is 9.69 Å². The third-order valence-corrected chi connectivity index (χ3v) is 2.94. The number of carbonyl (C=O) groups is 1. The Hall–Kier alpha value is -0.610. The molecule has 108 valence electrons. The summed E-state index contributed by atoms with van der Waals surface area (Å²) in [5, 5.41) is 3.08. The van der Waals surface area contributed by atoms with Crippen LogP contribution in [0.1, 0.15) is 27.7 Å². The lowest BCUT2D eigenvalue weighted by Gasteiger charge is -2.31. The maximum atomic E-state index is 12.2. The molecule has 0 bridgehead atoms. The maximum Gasteiger partial charge on any atom is 0.237 e. The molecule has 0 saturated carbocycles.